The molecule has 0 spiro atoms. The molecule has 2 amide bonds. The van der Waals surface area contributed by atoms with E-state index >= 15 is 0 Å². The number of urea groups is 1. The molecule has 0 radical (unpaired) electrons. The summed E-state index contributed by atoms with van der Waals surface area (Å²) in [4.78, 5) is 11.9. The van der Waals surface area contributed by atoms with Gasteiger partial charge in [0.2, 0.25) is 0 Å². The SMILES string of the molecule is COc1ccccc1NC(=O)NCCCOc1ccc(C(C)(C)C)cc1. The van der Waals surface area contributed by atoms with Gasteiger partial charge in [0, 0.05) is 6.54 Å². The second kappa shape index (κ2) is 9.13. The molecule has 0 aliphatic rings. The number of carbonyl (C=O) groups excluding carboxylic acids is 1. The van der Waals surface area contributed by atoms with Gasteiger partial charge in [-0.1, -0.05) is 45.0 Å². The highest BCUT2D eigenvalue weighted by atomic mass is 16.5. The molecule has 0 aliphatic carbocycles. The molecular weight excluding hydrogens is 328 g/mol. The third-order valence-corrected chi connectivity index (χ3v) is 3.95. The number of hydrogen-bond acceptors (Lipinski definition) is 3. The first-order valence-corrected chi connectivity index (χ1v) is 8.81. The minimum absolute atomic E-state index is 0.136. The maximum Gasteiger partial charge on any atom is 0.319 e. The summed E-state index contributed by atoms with van der Waals surface area (Å²) in [6.07, 6.45) is 0.723. The van der Waals surface area contributed by atoms with Gasteiger partial charge in [0.05, 0.1) is 19.4 Å². The molecule has 2 aromatic rings. The Balaban J connectivity index is 1.68. The minimum Gasteiger partial charge on any atom is -0.495 e. The first-order chi connectivity index (χ1) is 12.4. The number of amides is 2. The molecule has 2 aromatic carbocycles. The normalized spacial score (nSPS) is 10.9. The van der Waals surface area contributed by atoms with Crippen molar-refractivity contribution < 1.29 is 14.3 Å². The van der Waals surface area contributed by atoms with Gasteiger partial charge in [0.1, 0.15) is 11.5 Å². The number of hydrogen-bond donors (Lipinski definition) is 2. The summed E-state index contributed by atoms with van der Waals surface area (Å²) in [7, 11) is 1.57. The molecule has 5 heteroatoms. The number of benzene rings is 2. The molecule has 0 atom stereocenters. The van der Waals surface area contributed by atoms with Gasteiger partial charge in [-0.15, -0.1) is 0 Å². The maximum atomic E-state index is 11.9. The lowest BCUT2D eigenvalue weighted by Gasteiger charge is -2.19. The van der Waals surface area contributed by atoms with Crippen LogP contribution in [-0.2, 0) is 5.41 Å². The van der Waals surface area contributed by atoms with Crippen molar-refractivity contribution in [1.29, 1.82) is 0 Å². The first-order valence-electron chi connectivity index (χ1n) is 8.81. The van der Waals surface area contributed by atoms with E-state index in [1.54, 1.807) is 19.2 Å². The zero-order valence-corrected chi connectivity index (χ0v) is 16.0. The number of para-hydroxylation sites is 2. The van der Waals surface area contributed by atoms with Crippen LogP contribution >= 0.6 is 0 Å². The van der Waals surface area contributed by atoms with E-state index in [4.69, 9.17) is 9.47 Å². The molecule has 0 aliphatic heterocycles. The van der Waals surface area contributed by atoms with Gasteiger partial charge >= 0.3 is 6.03 Å². The zero-order valence-electron chi connectivity index (χ0n) is 16.0. The molecular formula is C21H28N2O3. The predicted octanol–water partition coefficient (Wildman–Crippen LogP) is 4.58. The van der Waals surface area contributed by atoms with Gasteiger partial charge in [-0.3, -0.25) is 0 Å². The number of anilines is 1. The fourth-order valence-electron chi connectivity index (χ4n) is 2.43. The van der Waals surface area contributed by atoms with E-state index in [1.165, 1.54) is 5.56 Å². The second-order valence-electron chi connectivity index (χ2n) is 7.06. The van der Waals surface area contributed by atoms with Gasteiger partial charge in [-0.2, -0.15) is 0 Å². The summed E-state index contributed by atoms with van der Waals surface area (Å²) in [6.45, 7) is 7.63. The van der Waals surface area contributed by atoms with E-state index in [2.05, 4.69) is 43.5 Å². The molecule has 0 bridgehead atoms. The highest BCUT2D eigenvalue weighted by Gasteiger charge is 2.12. The van der Waals surface area contributed by atoms with Crippen molar-refractivity contribution in [3.63, 3.8) is 0 Å². The number of rotatable bonds is 7. The fourth-order valence-corrected chi connectivity index (χ4v) is 2.43. The molecule has 26 heavy (non-hydrogen) atoms. The van der Waals surface area contributed by atoms with Crippen molar-refractivity contribution in [3.05, 3.63) is 54.1 Å². The third-order valence-electron chi connectivity index (χ3n) is 3.95. The molecule has 5 nitrogen and oxygen atoms in total. The minimum atomic E-state index is -0.260. The number of carbonyl (C=O) groups is 1. The maximum absolute atomic E-state index is 11.9. The quantitative estimate of drug-likeness (QED) is 0.714. The molecule has 0 aromatic heterocycles. The average molecular weight is 356 g/mol. The molecule has 0 saturated carbocycles. The highest BCUT2D eigenvalue weighted by Crippen LogP contribution is 2.24. The Hall–Kier alpha value is -2.69. The van der Waals surface area contributed by atoms with E-state index in [0.717, 1.165) is 12.2 Å². The second-order valence-corrected chi connectivity index (χ2v) is 7.06. The summed E-state index contributed by atoms with van der Waals surface area (Å²) < 4.78 is 10.9. The Morgan fingerprint density at radius 1 is 1.04 bits per heavy atom. The van der Waals surface area contributed by atoms with Crippen molar-refractivity contribution >= 4 is 11.7 Å². The zero-order chi connectivity index (χ0) is 19.0. The van der Waals surface area contributed by atoms with Gasteiger partial charge in [-0.05, 0) is 41.7 Å². The smallest absolute Gasteiger partial charge is 0.319 e. The Kier molecular flexibility index (Phi) is 6.89. The van der Waals surface area contributed by atoms with Crippen LogP contribution in [0, 0.1) is 0 Å². The average Bonchev–Trinajstić information content (AvgIpc) is 2.61. The third kappa shape index (κ3) is 5.99. The summed E-state index contributed by atoms with van der Waals surface area (Å²) in [5.41, 5.74) is 2.05. The number of methoxy groups -OCH3 is 1. The first kappa shape index (κ1) is 19.6. The van der Waals surface area contributed by atoms with Crippen molar-refractivity contribution in [2.75, 3.05) is 25.6 Å². The summed E-state index contributed by atoms with van der Waals surface area (Å²) in [6, 6.07) is 15.2. The number of ether oxygens (including phenoxy) is 2. The summed E-state index contributed by atoms with van der Waals surface area (Å²) >= 11 is 0. The van der Waals surface area contributed by atoms with Crippen molar-refractivity contribution in [2.45, 2.75) is 32.6 Å². The molecule has 2 rings (SSSR count). The number of nitrogens with one attached hydrogen (secondary N) is 2. The molecule has 2 N–H and O–H groups in total. The van der Waals surface area contributed by atoms with Gasteiger partial charge in [-0.25, -0.2) is 4.79 Å². The van der Waals surface area contributed by atoms with Crippen LogP contribution in [0.5, 0.6) is 11.5 Å². The van der Waals surface area contributed by atoms with Crippen molar-refractivity contribution in [1.82, 2.24) is 5.32 Å². The van der Waals surface area contributed by atoms with Gasteiger partial charge in [0.15, 0.2) is 0 Å². The van der Waals surface area contributed by atoms with E-state index in [0.29, 0.717) is 24.6 Å². The Morgan fingerprint density at radius 2 is 1.73 bits per heavy atom. The molecule has 140 valence electrons. The summed E-state index contributed by atoms with van der Waals surface area (Å²) in [5, 5.41) is 5.59. The van der Waals surface area contributed by atoms with E-state index < -0.39 is 0 Å². The highest BCUT2D eigenvalue weighted by molar-refractivity contribution is 5.90. The lowest BCUT2D eigenvalue weighted by atomic mass is 9.87. The Labute approximate surface area is 155 Å². The lowest BCUT2D eigenvalue weighted by molar-refractivity contribution is 0.250. The van der Waals surface area contributed by atoms with Crippen LogP contribution in [0.3, 0.4) is 0 Å². The van der Waals surface area contributed by atoms with E-state index in [-0.39, 0.29) is 11.4 Å². The standard InChI is InChI=1S/C21H28N2O3/c1-21(2,3)16-10-12-17(13-11-16)26-15-7-14-22-20(24)23-18-8-5-6-9-19(18)25-4/h5-6,8-13H,7,14-15H2,1-4H3,(H2,22,23,24). The van der Waals surface area contributed by atoms with Crippen LogP contribution in [0.1, 0.15) is 32.8 Å². The largest absolute Gasteiger partial charge is 0.495 e. The van der Waals surface area contributed by atoms with Crippen molar-refractivity contribution in [3.8, 4) is 11.5 Å². The molecule has 0 heterocycles. The van der Waals surface area contributed by atoms with Crippen LogP contribution in [0.4, 0.5) is 10.5 Å². The molecule has 0 unspecified atom stereocenters. The summed E-state index contributed by atoms with van der Waals surface area (Å²) in [5.74, 6) is 1.47. The van der Waals surface area contributed by atoms with Crippen LogP contribution in [0.25, 0.3) is 0 Å². The van der Waals surface area contributed by atoms with Crippen molar-refractivity contribution in [2.24, 2.45) is 0 Å². The van der Waals surface area contributed by atoms with Crippen LogP contribution in [-0.4, -0.2) is 26.3 Å². The molecule has 0 fully saturated rings. The lowest BCUT2D eigenvalue weighted by Crippen LogP contribution is -2.30. The van der Waals surface area contributed by atoms with Gasteiger partial charge in [0.25, 0.3) is 0 Å². The van der Waals surface area contributed by atoms with E-state index in [9.17, 15) is 4.79 Å². The van der Waals surface area contributed by atoms with Crippen LogP contribution in [0.15, 0.2) is 48.5 Å². The Morgan fingerprint density at radius 3 is 2.38 bits per heavy atom. The van der Waals surface area contributed by atoms with Crippen LogP contribution in [0.2, 0.25) is 0 Å². The van der Waals surface area contributed by atoms with Gasteiger partial charge < -0.3 is 20.1 Å². The Bertz CT molecular complexity index is 706. The topological polar surface area (TPSA) is 59.6 Å². The van der Waals surface area contributed by atoms with Crippen LogP contribution < -0.4 is 20.1 Å². The van der Waals surface area contributed by atoms with E-state index in [1.807, 2.05) is 24.3 Å². The predicted molar refractivity (Wildman–Crippen MR) is 105 cm³/mol. The monoisotopic (exact) mass is 356 g/mol. The molecule has 0 saturated heterocycles. The fraction of sp³-hybridized carbons (Fsp3) is 0.381.